The largest absolute Gasteiger partial charge is 0.481 e. The molecule has 1 N–H and O–H groups in total. The van der Waals surface area contributed by atoms with Gasteiger partial charge in [0.25, 0.3) is 11.6 Å². The summed E-state index contributed by atoms with van der Waals surface area (Å²) in [5.74, 6) is -1.90. The Morgan fingerprint density at radius 2 is 1.93 bits per heavy atom. The number of aliphatic carboxylic acids is 1. The molecule has 0 spiro atoms. The number of nitro benzene ring substituents is 1. The highest BCUT2D eigenvalue weighted by molar-refractivity contribution is 7.99. The maximum Gasteiger partial charge on any atom is 0.308 e. The highest BCUT2D eigenvalue weighted by atomic mass is 32.2. The number of carboxylic acid groups (broad SMARTS) is 1. The highest BCUT2D eigenvalue weighted by Crippen LogP contribution is 2.33. The summed E-state index contributed by atoms with van der Waals surface area (Å²) in [5, 5.41) is 20.4. The lowest BCUT2D eigenvalue weighted by Crippen LogP contribution is -2.42. The minimum atomic E-state index is -0.926. The zero-order chi connectivity index (χ0) is 19.4. The van der Waals surface area contributed by atoms with Crippen LogP contribution in [0.15, 0.2) is 58.3 Å². The van der Waals surface area contributed by atoms with E-state index in [1.165, 1.54) is 28.8 Å². The lowest BCUT2D eigenvalue weighted by atomic mass is 9.97. The Balaban J connectivity index is 1.93. The van der Waals surface area contributed by atoms with Crippen LogP contribution in [0.2, 0.25) is 0 Å². The summed E-state index contributed by atoms with van der Waals surface area (Å²) < 4.78 is 0. The van der Waals surface area contributed by atoms with E-state index in [1.807, 2.05) is 30.3 Å². The standard InChI is InChI=1S/C19H18N2O5S/c22-18(20-10-4-5-13(12-20)19(23)24)16-11-14(21(25)26)8-9-17(16)27-15-6-2-1-3-7-15/h1-3,6-9,11,13H,4-5,10,12H2,(H,23,24). The SMILES string of the molecule is O=C(O)C1CCCN(C(=O)c2cc([N+](=O)[O-])ccc2Sc2ccccc2)C1. The number of piperidine rings is 1. The number of benzene rings is 2. The van der Waals surface area contributed by atoms with Crippen molar-refractivity contribution in [1.29, 1.82) is 0 Å². The van der Waals surface area contributed by atoms with Crippen molar-refractivity contribution in [3.8, 4) is 0 Å². The van der Waals surface area contributed by atoms with Crippen molar-refractivity contribution in [3.63, 3.8) is 0 Å². The van der Waals surface area contributed by atoms with E-state index >= 15 is 0 Å². The number of carboxylic acids is 1. The summed E-state index contributed by atoms with van der Waals surface area (Å²) in [6.07, 6.45) is 1.12. The smallest absolute Gasteiger partial charge is 0.308 e. The minimum Gasteiger partial charge on any atom is -0.481 e. The Hall–Kier alpha value is -2.87. The second-order valence-corrected chi connectivity index (χ2v) is 7.40. The number of nitrogens with zero attached hydrogens (tertiary/aromatic N) is 2. The monoisotopic (exact) mass is 386 g/mol. The molecule has 1 atom stereocenters. The number of hydrogen-bond acceptors (Lipinski definition) is 5. The van der Waals surface area contributed by atoms with Crippen LogP contribution in [-0.2, 0) is 4.79 Å². The number of carbonyl (C=O) groups excluding carboxylic acids is 1. The Morgan fingerprint density at radius 1 is 1.19 bits per heavy atom. The molecule has 0 radical (unpaired) electrons. The normalized spacial score (nSPS) is 16.7. The second-order valence-electron chi connectivity index (χ2n) is 6.28. The fourth-order valence-electron chi connectivity index (χ4n) is 3.04. The van der Waals surface area contributed by atoms with Crippen LogP contribution in [0.3, 0.4) is 0 Å². The fourth-order valence-corrected chi connectivity index (χ4v) is 3.98. The molecule has 3 rings (SSSR count). The molecule has 1 fully saturated rings. The molecule has 1 aliphatic rings. The van der Waals surface area contributed by atoms with Crippen molar-refractivity contribution < 1.29 is 19.6 Å². The van der Waals surface area contributed by atoms with E-state index in [-0.39, 0.29) is 23.7 Å². The Labute approximate surface area is 160 Å². The summed E-state index contributed by atoms with van der Waals surface area (Å²) in [6, 6.07) is 13.6. The van der Waals surface area contributed by atoms with Crippen molar-refractivity contribution in [3.05, 3.63) is 64.2 Å². The van der Waals surface area contributed by atoms with Crippen molar-refractivity contribution in [2.45, 2.75) is 22.6 Å². The molecule has 0 aromatic heterocycles. The zero-order valence-electron chi connectivity index (χ0n) is 14.4. The molecule has 1 saturated heterocycles. The van der Waals surface area contributed by atoms with Crippen LogP contribution >= 0.6 is 11.8 Å². The van der Waals surface area contributed by atoms with Gasteiger partial charge in [-0.1, -0.05) is 30.0 Å². The summed E-state index contributed by atoms with van der Waals surface area (Å²) in [7, 11) is 0. The van der Waals surface area contributed by atoms with Crippen LogP contribution in [-0.4, -0.2) is 39.9 Å². The number of non-ortho nitro benzene ring substituents is 1. The van der Waals surface area contributed by atoms with Gasteiger partial charge in [0.1, 0.15) is 0 Å². The topological polar surface area (TPSA) is 101 Å². The van der Waals surface area contributed by atoms with Crippen LogP contribution in [0, 0.1) is 16.0 Å². The van der Waals surface area contributed by atoms with Gasteiger partial charge in [-0.05, 0) is 31.0 Å². The number of amides is 1. The van der Waals surface area contributed by atoms with E-state index in [4.69, 9.17) is 0 Å². The Kier molecular flexibility index (Phi) is 5.75. The first-order chi connectivity index (χ1) is 13.0. The van der Waals surface area contributed by atoms with Gasteiger partial charge in [-0.15, -0.1) is 0 Å². The lowest BCUT2D eigenvalue weighted by molar-refractivity contribution is -0.384. The van der Waals surface area contributed by atoms with Crippen LogP contribution < -0.4 is 0 Å². The molecule has 1 amide bonds. The van der Waals surface area contributed by atoms with Gasteiger partial charge in [0.2, 0.25) is 0 Å². The van der Waals surface area contributed by atoms with Crippen molar-refractivity contribution in [1.82, 2.24) is 4.90 Å². The molecular weight excluding hydrogens is 368 g/mol. The van der Waals surface area contributed by atoms with Gasteiger partial charge in [0.05, 0.1) is 16.4 Å². The Bertz CT molecular complexity index is 872. The van der Waals surface area contributed by atoms with E-state index in [2.05, 4.69) is 0 Å². The van der Waals surface area contributed by atoms with E-state index in [0.29, 0.717) is 24.3 Å². The maximum absolute atomic E-state index is 13.1. The second kappa shape index (κ2) is 8.22. The third kappa shape index (κ3) is 4.46. The molecule has 0 saturated carbocycles. The molecule has 8 heteroatoms. The fraction of sp³-hybridized carbons (Fsp3) is 0.263. The summed E-state index contributed by atoms with van der Waals surface area (Å²) >= 11 is 1.35. The molecule has 7 nitrogen and oxygen atoms in total. The number of rotatable bonds is 5. The van der Waals surface area contributed by atoms with Crippen molar-refractivity contribution >= 4 is 29.3 Å². The van der Waals surface area contributed by atoms with E-state index in [0.717, 1.165) is 4.90 Å². The van der Waals surface area contributed by atoms with E-state index < -0.39 is 16.8 Å². The van der Waals surface area contributed by atoms with Gasteiger partial charge in [-0.25, -0.2) is 0 Å². The van der Waals surface area contributed by atoms with Gasteiger partial charge in [-0.3, -0.25) is 19.7 Å². The molecule has 0 bridgehead atoms. The number of hydrogen-bond donors (Lipinski definition) is 1. The minimum absolute atomic E-state index is 0.117. The molecule has 1 heterocycles. The van der Waals surface area contributed by atoms with Crippen LogP contribution in [0.4, 0.5) is 5.69 Å². The number of likely N-dealkylation sites (tertiary alicyclic amines) is 1. The van der Waals surface area contributed by atoms with Crippen molar-refractivity contribution in [2.75, 3.05) is 13.1 Å². The quantitative estimate of drug-likeness (QED) is 0.621. The van der Waals surface area contributed by atoms with E-state index in [9.17, 15) is 24.8 Å². The third-order valence-electron chi connectivity index (χ3n) is 4.43. The van der Waals surface area contributed by atoms with Gasteiger partial charge >= 0.3 is 5.97 Å². The first-order valence-corrected chi connectivity index (χ1v) is 9.31. The molecule has 140 valence electrons. The predicted molar refractivity (Wildman–Crippen MR) is 99.9 cm³/mol. The number of carbonyl (C=O) groups is 2. The molecule has 2 aromatic carbocycles. The summed E-state index contributed by atoms with van der Waals surface area (Å²) in [5.41, 5.74) is 0.0617. The summed E-state index contributed by atoms with van der Waals surface area (Å²) in [4.78, 5) is 37.9. The highest BCUT2D eigenvalue weighted by Gasteiger charge is 2.30. The van der Waals surface area contributed by atoms with Gasteiger partial charge in [0.15, 0.2) is 0 Å². The lowest BCUT2D eigenvalue weighted by Gasteiger charge is -2.31. The average molecular weight is 386 g/mol. The van der Waals surface area contributed by atoms with Crippen molar-refractivity contribution in [2.24, 2.45) is 5.92 Å². The Morgan fingerprint density at radius 3 is 2.59 bits per heavy atom. The molecule has 1 aliphatic heterocycles. The predicted octanol–water partition coefficient (Wildman–Crippen LogP) is 3.68. The first kappa shape index (κ1) is 18.9. The zero-order valence-corrected chi connectivity index (χ0v) is 15.2. The summed E-state index contributed by atoms with van der Waals surface area (Å²) in [6.45, 7) is 0.563. The van der Waals surface area contributed by atoms with Crippen LogP contribution in [0.25, 0.3) is 0 Å². The van der Waals surface area contributed by atoms with Gasteiger partial charge < -0.3 is 10.0 Å². The number of nitro groups is 1. The third-order valence-corrected chi connectivity index (χ3v) is 5.52. The van der Waals surface area contributed by atoms with Crippen LogP contribution in [0.5, 0.6) is 0 Å². The molecule has 27 heavy (non-hydrogen) atoms. The average Bonchev–Trinajstić information content (AvgIpc) is 2.68. The van der Waals surface area contributed by atoms with Gasteiger partial charge in [-0.2, -0.15) is 0 Å². The molecule has 0 aliphatic carbocycles. The first-order valence-electron chi connectivity index (χ1n) is 8.49. The molecule has 2 aromatic rings. The van der Waals surface area contributed by atoms with E-state index in [1.54, 1.807) is 6.07 Å². The molecule has 1 unspecified atom stereocenters. The maximum atomic E-state index is 13.1. The van der Waals surface area contributed by atoms with Crippen LogP contribution in [0.1, 0.15) is 23.2 Å². The van der Waals surface area contributed by atoms with Gasteiger partial charge in [0, 0.05) is 35.0 Å². The molecular formula is C19H18N2O5S.